The molecule has 92 valence electrons. The molecule has 0 amide bonds. The highest BCUT2D eigenvalue weighted by Gasteiger charge is 2.24. The van der Waals surface area contributed by atoms with Gasteiger partial charge in [0.1, 0.15) is 5.82 Å². The van der Waals surface area contributed by atoms with E-state index in [1.807, 2.05) is 6.07 Å². The lowest BCUT2D eigenvalue weighted by atomic mass is 9.80. The number of rotatable bonds is 2. The minimum Gasteiger partial charge on any atom is -0.314 e. The zero-order valence-corrected chi connectivity index (χ0v) is 10.2. The molecule has 1 N–H and O–H groups in total. The Morgan fingerprint density at radius 1 is 1.29 bits per heavy atom. The first-order chi connectivity index (χ1) is 8.33. The molecule has 3 rings (SSSR count). The van der Waals surface area contributed by atoms with Crippen LogP contribution in [0.3, 0.4) is 0 Å². The minimum absolute atomic E-state index is 0.0000543. The molecule has 1 fully saturated rings. The van der Waals surface area contributed by atoms with Crippen molar-refractivity contribution in [2.45, 2.75) is 44.6 Å². The monoisotopic (exact) mass is 233 g/mol. The van der Waals surface area contributed by atoms with Crippen molar-refractivity contribution in [3.05, 3.63) is 35.1 Å². The van der Waals surface area contributed by atoms with E-state index in [0.717, 1.165) is 36.8 Å². The Kier molecular flexibility index (Phi) is 3.15. The molecule has 2 heteroatoms. The van der Waals surface area contributed by atoms with Gasteiger partial charge in [0.15, 0.2) is 0 Å². The van der Waals surface area contributed by atoms with Gasteiger partial charge in [-0.15, -0.1) is 0 Å². The summed E-state index contributed by atoms with van der Waals surface area (Å²) in [6.45, 7) is 1.18. The lowest BCUT2D eigenvalue weighted by molar-refractivity contribution is 0.368. The van der Waals surface area contributed by atoms with E-state index in [2.05, 4.69) is 11.4 Å². The van der Waals surface area contributed by atoms with Crippen LogP contribution in [0.15, 0.2) is 18.2 Å². The summed E-state index contributed by atoms with van der Waals surface area (Å²) in [5, 5.41) is 3.57. The molecule has 0 saturated carbocycles. The molecular weight excluding hydrogens is 213 g/mol. The van der Waals surface area contributed by atoms with E-state index in [4.69, 9.17) is 0 Å². The first kappa shape index (κ1) is 11.2. The summed E-state index contributed by atoms with van der Waals surface area (Å²) in [4.78, 5) is 0. The van der Waals surface area contributed by atoms with Crippen LogP contribution < -0.4 is 5.32 Å². The molecule has 2 aliphatic rings. The van der Waals surface area contributed by atoms with Crippen molar-refractivity contribution in [2.75, 3.05) is 6.54 Å². The van der Waals surface area contributed by atoms with Gasteiger partial charge in [-0.25, -0.2) is 4.39 Å². The van der Waals surface area contributed by atoms with E-state index in [1.165, 1.54) is 31.4 Å². The molecule has 0 spiro atoms. The van der Waals surface area contributed by atoms with Crippen molar-refractivity contribution in [1.82, 2.24) is 5.32 Å². The van der Waals surface area contributed by atoms with E-state index in [-0.39, 0.29) is 5.82 Å². The third kappa shape index (κ3) is 2.37. The van der Waals surface area contributed by atoms with Crippen molar-refractivity contribution in [1.29, 1.82) is 0 Å². The summed E-state index contributed by atoms with van der Waals surface area (Å²) in [5.41, 5.74) is 2.22. The molecule has 2 atom stereocenters. The Bertz CT molecular complexity index is 396. The van der Waals surface area contributed by atoms with Gasteiger partial charge >= 0.3 is 0 Å². The summed E-state index contributed by atoms with van der Waals surface area (Å²) in [7, 11) is 0. The fourth-order valence-corrected chi connectivity index (χ4v) is 3.40. The first-order valence-corrected chi connectivity index (χ1v) is 6.82. The van der Waals surface area contributed by atoms with Crippen LogP contribution in [0.2, 0.25) is 0 Å². The van der Waals surface area contributed by atoms with E-state index in [1.54, 1.807) is 6.07 Å². The third-order valence-corrected chi connectivity index (χ3v) is 4.31. The van der Waals surface area contributed by atoms with E-state index < -0.39 is 0 Å². The van der Waals surface area contributed by atoms with Gasteiger partial charge in [-0.3, -0.25) is 0 Å². The molecule has 0 aromatic heterocycles. The van der Waals surface area contributed by atoms with E-state index >= 15 is 0 Å². The normalized spacial score (nSPS) is 28.1. The standard InChI is InChI=1S/C15H20FN/c16-15-5-1-3-12-9-11(6-7-14(12)15)10-13-4-2-8-17-13/h1,3,5,11,13,17H,2,4,6-10H2. The van der Waals surface area contributed by atoms with Crippen LogP contribution in [0.4, 0.5) is 4.39 Å². The van der Waals surface area contributed by atoms with Crippen LogP contribution in [0.1, 0.15) is 36.8 Å². The predicted octanol–water partition coefficient (Wildman–Crippen LogP) is 3.07. The number of halogens is 1. The van der Waals surface area contributed by atoms with Gasteiger partial charge in [-0.1, -0.05) is 12.1 Å². The number of nitrogens with one attached hydrogen (secondary N) is 1. The quantitative estimate of drug-likeness (QED) is 0.827. The maximum absolute atomic E-state index is 13.6. The number of benzene rings is 1. The molecule has 0 bridgehead atoms. The van der Waals surface area contributed by atoms with E-state index in [0.29, 0.717) is 0 Å². The van der Waals surface area contributed by atoms with Crippen LogP contribution in [0.25, 0.3) is 0 Å². The molecule has 0 radical (unpaired) electrons. The maximum atomic E-state index is 13.6. The fourth-order valence-electron chi connectivity index (χ4n) is 3.40. The zero-order valence-electron chi connectivity index (χ0n) is 10.2. The van der Waals surface area contributed by atoms with Crippen molar-refractivity contribution < 1.29 is 4.39 Å². The highest BCUT2D eigenvalue weighted by molar-refractivity contribution is 5.31. The highest BCUT2D eigenvalue weighted by atomic mass is 19.1. The second-order valence-corrected chi connectivity index (χ2v) is 5.52. The molecule has 1 nitrogen and oxygen atoms in total. The third-order valence-electron chi connectivity index (χ3n) is 4.31. The van der Waals surface area contributed by atoms with E-state index in [9.17, 15) is 4.39 Å². The topological polar surface area (TPSA) is 12.0 Å². The summed E-state index contributed by atoms with van der Waals surface area (Å²) < 4.78 is 13.6. The van der Waals surface area contributed by atoms with Gasteiger partial charge in [0.25, 0.3) is 0 Å². The fraction of sp³-hybridized carbons (Fsp3) is 0.600. The average Bonchev–Trinajstić information content (AvgIpc) is 2.82. The molecule has 1 aromatic rings. The Hall–Kier alpha value is -0.890. The summed E-state index contributed by atoms with van der Waals surface area (Å²) >= 11 is 0. The molecule has 1 aromatic carbocycles. The second kappa shape index (κ2) is 4.77. The smallest absolute Gasteiger partial charge is 0.126 e. The largest absolute Gasteiger partial charge is 0.314 e. The Morgan fingerprint density at radius 2 is 2.24 bits per heavy atom. The van der Waals surface area contributed by atoms with Crippen LogP contribution in [0, 0.1) is 11.7 Å². The molecule has 1 heterocycles. The predicted molar refractivity (Wildman–Crippen MR) is 67.6 cm³/mol. The number of hydrogen-bond donors (Lipinski definition) is 1. The lowest BCUT2D eigenvalue weighted by Crippen LogP contribution is -2.27. The highest BCUT2D eigenvalue weighted by Crippen LogP contribution is 2.31. The van der Waals surface area contributed by atoms with Crippen LogP contribution >= 0.6 is 0 Å². The zero-order chi connectivity index (χ0) is 11.7. The van der Waals surface area contributed by atoms with Crippen molar-refractivity contribution >= 4 is 0 Å². The Labute approximate surface area is 102 Å². The Balaban J connectivity index is 1.68. The van der Waals surface area contributed by atoms with Gasteiger partial charge < -0.3 is 5.32 Å². The Morgan fingerprint density at radius 3 is 3.06 bits per heavy atom. The summed E-state index contributed by atoms with van der Waals surface area (Å²) in [5.74, 6) is 0.750. The molecular formula is C15H20FN. The first-order valence-electron chi connectivity index (χ1n) is 6.82. The summed E-state index contributed by atoms with van der Waals surface area (Å²) in [6, 6.07) is 6.27. The molecule has 1 aliphatic carbocycles. The van der Waals surface area contributed by atoms with Crippen LogP contribution in [-0.2, 0) is 12.8 Å². The number of fused-ring (bicyclic) bond motifs is 1. The van der Waals surface area contributed by atoms with Gasteiger partial charge in [0.05, 0.1) is 0 Å². The molecule has 1 aliphatic heterocycles. The minimum atomic E-state index is -0.0000543. The van der Waals surface area contributed by atoms with Gasteiger partial charge in [0, 0.05) is 6.04 Å². The van der Waals surface area contributed by atoms with Gasteiger partial charge in [-0.2, -0.15) is 0 Å². The van der Waals surface area contributed by atoms with Crippen molar-refractivity contribution in [2.24, 2.45) is 5.92 Å². The number of hydrogen-bond acceptors (Lipinski definition) is 1. The van der Waals surface area contributed by atoms with Crippen molar-refractivity contribution in [3.63, 3.8) is 0 Å². The average molecular weight is 233 g/mol. The lowest BCUT2D eigenvalue weighted by Gasteiger charge is -2.27. The second-order valence-electron chi connectivity index (χ2n) is 5.52. The van der Waals surface area contributed by atoms with Crippen LogP contribution in [-0.4, -0.2) is 12.6 Å². The molecule has 2 unspecified atom stereocenters. The van der Waals surface area contributed by atoms with Gasteiger partial charge in [-0.05, 0) is 68.2 Å². The maximum Gasteiger partial charge on any atom is 0.126 e. The van der Waals surface area contributed by atoms with Gasteiger partial charge in [0.2, 0.25) is 0 Å². The van der Waals surface area contributed by atoms with Crippen molar-refractivity contribution in [3.8, 4) is 0 Å². The SMILES string of the molecule is Fc1cccc2c1CCC(CC1CCCN1)C2. The summed E-state index contributed by atoms with van der Waals surface area (Å²) in [6.07, 6.45) is 7.09. The molecule has 1 saturated heterocycles. The van der Waals surface area contributed by atoms with Crippen LogP contribution in [0.5, 0.6) is 0 Å². The molecule has 17 heavy (non-hydrogen) atoms.